The minimum atomic E-state index is -0.870. The van der Waals surface area contributed by atoms with E-state index in [2.05, 4.69) is 15.5 Å². The van der Waals surface area contributed by atoms with Gasteiger partial charge in [0.1, 0.15) is 23.9 Å². The lowest BCUT2D eigenvalue weighted by atomic mass is 10.2. The van der Waals surface area contributed by atoms with Gasteiger partial charge in [0.15, 0.2) is 0 Å². The normalized spacial score (nSPS) is 16.6. The van der Waals surface area contributed by atoms with E-state index < -0.39 is 35.5 Å². The van der Waals surface area contributed by atoms with E-state index in [1.165, 1.54) is 7.05 Å². The van der Waals surface area contributed by atoms with Gasteiger partial charge in [0.05, 0.1) is 0 Å². The number of carbonyl (C=O) groups excluding carboxylic acids is 4. The summed E-state index contributed by atoms with van der Waals surface area (Å²) in [5, 5.41) is 5.31. The molecule has 1 heterocycles. The lowest BCUT2D eigenvalue weighted by Gasteiger charge is -2.33. The molecular weight excluding hydrogens is 554 g/mol. The van der Waals surface area contributed by atoms with Crippen molar-refractivity contribution in [2.24, 2.45) is 0 Å². The van der Waals surface area contributed by atoms with Crippen LogP contribution < -0.4 is 10.6 Å². The van der Waals surface area contributed by atoms with Crippen molar-refractivity contribution in [2.45, 2.75) is 84.7 Å². The van der Waals surface area contributed by atoms with Gasteiger partial charge in [0.25, 0.3) is 0 Å². The van der Waals surface area contributed by atoms with Gasteiger partial charge in [-0.2, -0.15) is 0 Å². The number of likely N-dealkylation sites (N-methyl/N-ethyl adjacent to an activating group) is 1. The first-order chi connectivity index (χ1) is 20.2. The molecule has 1 fully saturated rings. The molecule has 1 saturated heterocycles. The summed E-state index contributed by atoms with van der Waals surface area (Å²) >= 11 is 0. The van der Waals surface area contributed by atoms with Gasteiger partial charge in [-0.3, -0.25) is 4.79 Å². The van der Waals surface area contributed by atoms with Crippen LogP contribution in [-0.2, 0) is 25.6 Å². The third-order valence-corrected chi connectivity index (χ3v) is 6.47. The molecule has 1 atom stereocenters. The van der Waals surface area contributed by atoms with Crippen molar-refractivity contribution in [3.8, 4) is 0 Å². The summed E-state index contributed by atoms with van der Waals surface area (Å²) in [7, 11) is 1.51. The zero-order valence-electron chi connectivity index (χ0n) is 26.9. The summed E-state index contributed by atoms with van der Waals surface area (Å²) in [6.07, 6.45) is 0.327. The molecule has 12 nitrogen and oxygen atoms in total. The quantitative estimate of drug-likeness (QED) is 0.466. The molecular formula is C31H51N5O7. The van der Waals surface area contributed by atoms with Gasteiger partial charge in [-0.25, -0.2) is 14.4 Å². The molecule has 0 aromatic heterocycles. The van der Waals surface area contributed by atoms with E-state index in [0.29, 0.717) is 58.5 Å². The van der Waals surface area contributed by atoms with Crippen LogP contribution in [-0.4, -0.2) is 109 Å². The molecule has 43 heavy (non-hydrogen) atoms. The number of alkyl carbamates (subject to hydrolysis) is 1. The molecule has 0 unspecified atom stereocenters. The first-order valence-electron chi connectivity index (χ1n) is 15.0. The van der Waals surface area contributed by atoms with Crippen LogP contribution in [0.25, 0.3) is 0 Å². The lowest BCUT2D eigenvalue weighted by Crippen LogP contribution is -2.53. The molecule has 1 aliphatic rings. The molecule has 0 bridgehead atoms. The Morgan fingerprint density at radius 2 is 1.23 bits per heavy atom. The molecule has 242 valence electrons. The fraction of sp³-hybridized carbons (Fsp3) is 0.677. The second-order valence-electron chi connectivity index (χ2n) is 12.7. The molecule has 2 rings (SSSR count). The van der Waals surface area contributed by atoms with E-state index in [1.807, 2.05) is 71.9 Å². The van der Waals surface area contributed by atoms with E-state index in [0.717, 1.165) is 5.56 Å². The van der Waals surface area contributed by atoms with Crippen molar-refractivity contribution in [1.82, 2.24) is 25.3 Å². The molecule has 0 spiro atoms. The highest BCUT2D eigenvalue weighted by atomic mass is 16.6. The van der Waals surface area contributed by atoms with Crippen LogP contribution in [0.3, 0.4) is 0 Å². The third-order valence-electron chi connectivity index (χ3n) is 6.47. The molecule has 1 aromatic carbocycles. The van der Waals surface area contributed by atoms with Gasteiger partial charge >= 0.3 is 18.3 Å². The van der Waals surface area contributed by atoms with E-state index in [9.17, 15) is 19.2 Å². The highest BCUT2D eigenvalue weighted by Crippen LogP contribution is 2.14. The van der Waals surface area contributed by atoms with Gasteiger partial charge in [0, 0.05) is 39.8 Å². The number of hydrogen-bond donors (Lipinski definition) is 2. The van der Waals surface area contributed by atoms with Crippen molar-refractivity contribution in [1.29, 1.82) is 0 Å². The monoisotopic (exact) mass is 605 g/mol. The van der Waals surface area contributed by atoms with E-state index in [4.69, 9.17) is 14.2 Å². The maximum absolute atomic E-state index is 13.0. The molecule has 12 heteroatoms. The molecule has 4 amide bonds. The Hall–Kier alpha value is -3.54. The largest absolute Gasteiger partial charge is 0.445 e. The summed E-state index contributed by atoms with van der Waals surface area (Å²) in [6.45, 7) is 14.1. The Bertz CT molecular complexity index is 997. The van der Waals surface area contributed by atoms with E-state index in [-0.39, 0.29) is 19.1 Å². The lowest BCUT2D eigenvalue weighted by molar-refractivity contribution is -0.123. The van der Waals surface area contributed by atoms with Gasteiger partial charge in [-0.05, 0) is 79.5 Å². The van der Waals surface area contributed by atoms with E-state index >= 15 is 0 Å². The van der Waals surface area contributed by atoms with Crippen molar-refractivity contribution in [2.75, 3.05) is 52.9 Å². The molecule has 0 aliphatic carbocycles. The topological polar surface area (TPSA) is 130 Å². The Morgan fingerprint density at radius 3 is 1.67 bits per heavy atom. The van der Waals surface area contributed by atoms with Gasteiger partial charge in [0.2, 0.25) is 5.91 Å². The summed E-state index contributed by atoms with van der Waals surface area (Å²) in [6, 6.07) is 8.42. The number of amides is 4. The van der Waals surface area contributed by atoms with Crippen LogP contribution in [0.4, 0.5) is 14.4 Å². The second-order valence-corrected chi connectivity index (χ2v) is 12.7. The van der Waals surface area contributed by atoms with Crippen LogP contribution in [0.1, 0.15) is 66.4 Å². The van der Waals surface area contributed by atoms with Crippen LogP contribution in [0, 0.1) is 0 Å². The Kier molecular flexibility index (Phi) is 14.0. The van der Waals surface area contributed by atoms with Crippen molar-refractivity contribution in [3.63, 3.8) is 0 Å². The first kappa shape index (κ1) is 35.7. The highest BCUT2D eigenvalue weighted by Gasteiger charge is 2.27. The number of rotatable bonds is 6. The predicted molar refractivity (Wildman–Crippen MR) is 164 cm³/mol. The van der Waals surface area contributed by atoms with Crippen LogP contribution in [0.15, 0.2) is 30.3 Å². The third kappa shape index (κ3) is 14.5. The van der Waals surface area contributed by atoms with Gasteiger partial charge in [-0.15, -0.1) is 0 Å². The number of ether oxygens (including phenoxy) is 3. The average Bonchev–Trinajstić information content (AvgIpc) is 2.90. The summed E-state index contributed by atoms with van der Waals surface area (Å²) in [5.74, 6) is -0.353. The maximum atomic E-state index is 13.0. The number of nitrogens with one attached hydrogen (secondary N) is 2. The zero-order chi connectivity index (χ0) is 32.0. The predicted octanol–water partition coefficient (Wildman–Crippen LogP) is 3.99. The van der Waals surface area contributed by atoms with Crippen LogP contribution >= 0.6 is 0 Å². The molecule has 1 aromatic rings. The highest BCUT2D eigenvalue weighted by molar-refractivity contribution is 5.85. The fourth-order valence-electron chi connectivity index (χ4n) is 4.49. The maximum Gasteiger partial charge on any atom is 0.410 e. The van der Waals surface area contributed by atoms with Crippen molar-refractivity contribution in [3.05, 3.63) is 35.9 Å². The fourth-order valence-corrected chi connectivity index (χ4v) is 4.49. The standard InChI is InChI=1S/C31H51N5O7/c1-30(2,3)42-28(39)35-18-11-16-34(17-12-19-36(21-13-20-35)29(40)43-31(4,5)6)22-25(26(37)32-7)33-27(38)41-23-24-14-9-8-10-15-24/h8-10,14-15,25H,11-13,16-23H2,1-7H3,(H,32,37)(H,33,38)/t25-/m0/s1. The Balaban J connectivity index is 2.15. The molecule has 2 N–H and O–H groups in total. The minimum Gasteiger partial charge on any atom is -0.445 e. The van der Waals surface area contributed by atoms with Crippen molar-refractivity contribution < 1.29 is 33.4 Å². The zero-order valence-corrected chi connectivity index (χ0v) is 26.9. The Labute approximate surface area is 256 Å². The van der Waals surface area contributed by atoms with E-state index in [1.54, 1.807) is 9.80 Å². The SMILES string of the molecule is CNC(=O)[C@H](CN1CCCN(C(=O)OC(C)(C)C)CCCN(C(=O)OC(C)(C)C)CCC1)NC(=O)OCc1ccccc1. The van der Waals surface area contributed by atoms with Gasteiger partial charge in [-0.1, -0.05) is 30.3 Å². The number of nitrogens with zero attached hydrogens (tertiary/aromatic N) is 3. The summed E-state index contributed by atoms with van der Waals surface area (Å²) in [4.78, 5) is 56.7. The molecule has 0 radical (unpaired) electrons. The van der Waals surface area contributed by atoms with Crippen LogP contribution in [0.5, 0.6) is 0 Å². The number of hydrogen-bond acceptors (Lipinski definition) is 8. The second kappa shape index (κ2) is 16.9. The molecule has 1 aliphatic heterocycles. The molecule has 0 saturated carbocycles. The number of carbonyl (C=O) groups is 4. The summed E-state index contributed by atoms with van der Waals surface area (Å²) in [5.41, 5.74) is -0.449. The average molecular weight is 606 g/mol. The summed E-state index contributed by atoms with van der Waals surface area (Å²) < 4.78 is 16.6. The Morgan fingerprint density at radius 1 is 0.767 bits per heavy atom. The number of benzene rings is 1. The van der Waals surface area contributed by atoms with Crippen molar-refractivity contribution >= 4 is 24.2 Å². The van der Waals surface area contributed by atoms with Gasteiger partial charge < -0.3 is 39.5 Å². The minimum absolute atomic E-state index is 0.0812. The smallest absolute Gasteiger partial charge is 0.410 e. The van der Waals surface area contributed by atoms with Crippen LogP contribution in [0.2, 0.25) is 0 Å². The first-order valence-corrected chi connectivity index (χ1v) is 15.0.